The lowest BCUT2D eigenvalue weighted by molar-refractivity contribution is 0.0694. The fourth-order valence-electron chi connectivity index (χ4n) is 1.78. The Morgan fingerprint density at radius 2 is 2.42 bits per heavy atom. The van der Waals surface area contributed by atoms with Crippen LogP contribution in [0.15, 0.2) is 29.4 Å². The summed E-state index contributed by atoms with van der Waals surface area (Å²) in [6.07, 6.45) is 3.61. The van der Waals surface area contributed by atoms with Crippen LogP contribution in [0.5, 0.6) is 0 Å². The zero-order valence-corrected chi connectivity index (χ0v) is 11.4. The van der Waals surface area contributed by atoms with E-state index in [4.69, 9.17) is 5.11 Å². The number of carboxylic acids is 1. The number of hydrogen-bond donors (Lipinski definition) is 2. The standard InChI is InChI=1S/C13H15N3O2S/c1-9(4-10-2-3-19-7-10)15-6-12-11(13(17)18)5-14-8-16-12/h2-3,5,7-9,15H,4,6H2,1H3,(H,17,18). The minimum absolute atomic E-state index is 0.151. The van der Waals surface area contributed by atoms with E-state index in [9.17, 15) is 4.79 Å². The average Bonchev–Trinajstić information content (AvgIpc) is 2.89. The molecule has 0 spiro atoms. The molecule has 0 aliphatic carbocycles. The van der Waals surface area contributed by atoms with Gasteiger partial charge in [0.1, 0.15) is 11.9 Å². The molecule has 5 nitrogen and oxygen atoms in total. The summed E-state index contributed by atoms with van der Waals surface area (Å²) in [5.41, 5.74) is 1.95. The third kappa shape index (κ3) is 3.84. The maximum atomic E-state index is 11.0. The average molecular weight is 277 g/mol. The first-order valence-electron chi connectivity index (χ1n) is 5.93. The largest absolute Gasteiger partial charge is 0.478 e. The Morgan fingerprint density at radius 1 is 1.58 bits per heavy atom. The van der Waals surface area contributed by atoms with Crippen molar-refractivity contribution in [3.63, 3.8) is 0 Å². The summed E-state index contributed by atoms with van der Waals surface area (Å²) in [6.45, 7) is 2.49. The van der Waals surface area contributed by atoms with Crippen molar-refractivity contribution in [2.24, 2.45) is 0 Å². The summed E-state index contributed by atoms with van der Waals surface area (Å²) in [5.74, 6) is -0.997. The highest BCUT2D eigenvalue weighted by molar-refractivity contribution is 7.07. The summed E-state index contributed by atoms with van der Waals surface area (Å²) in [6, 6.07) is 2.35. The van der Waals surface area contributed by atoms with Gasteiger partial charge in [0, 0.05) is 18.8 Å². The fourth-order valence-corrected chi connectivity index (χ4v) is 2.46. The number of thiophene rings is 1. The lowest BCUT2D eigenvalue weighted by Gasteiger charge is -2.13. The SMILES string of the molecule is CC(Cc1ccsc1)NCc1ncncc1C(=O)O. The molecule has 2 heterocycles. The van der Waals surface area contributed by atoms with Crippen LogP contribution >= 0.6 is 11.3 Å². The number of rotatable bonds is 6. The Morgan fingerprint density at radius 3 is 3.11 bits per heavy atom. The molecule has 2 aromatic rings. The van der Waals surface area contributed by atoms with Gasteiger partial charge in [0.2, 0.25) is 0 Å². The molecule has 2 aromatic heterocycles. The molecule has 0 bridgehead atoms. The highest BCUT2D eigenvalue weighted by atomic mass is 32.1. The number of nitrogens with one attached hydrogen (secondary N) is 1. The summed E-state index contributed by atoms with van der Waals surface area (Å²) in [7, 11) is 0. The highest BCUT2D eigenvalue weighted by Crippen LogP contribution is 2.09. The van der Waals surface area contributed by atoms with Crippen LogP contribution in [0.1, 0.15) is 28.5 Å². The smallest absolute Gasteiger partial charge is 0.339 e. The van der Waals surface area contributed by atoms with Crippen molar-refractivity contribution in [3.05, 3.63) is 46.2 Å². The van der Waals surface area contributed by atoms with Crippen molar-refractivity contribution in [1.82, 2.24) is 15.3 Å². The van der Waals surface area contributed by atoms with E-state index in [2.05, 4.69) is 39.0 Å². The van der Waals surface area contributed by atoms with E-state index < -0.39 is 5.97 Å². The number of carboxylic acid groups (broad SMARTS) is 1. The van der Waals surface area contributed by atoms with Gasteiger partial charge in [-0.2, -0.15) is 11.3 Å². The van der Waals surface area contributed by atoms with Crippen LogP contribution in [0.2, 0.25) is 0 Å². The molecule has 0 aliphatic heterocycles. The second-order valence-electron chi connectivity index (χ2n) is 4.31. The second kappa shape index (κ2) is 6.40. The first kappa shape index (κ1) is 13.6. The van der Waals surface area contributed by atoms with Gasteiger partial charge < -0.3 is 10.4 Å². The zero-order valence-electron chi connectivity index (χ0n) is 10.5. The molecule has 6 heteroatoms. The quantitative estimate of drug-likeness (QED) is 0.844. The minimum atomic E-state index is -0.997. The van der Waals surface area contributed by atoms with E-state index >= 15 is 0 Å². The number of carbonyl (C=O) groups is 1. The Balaban J connectivity index is 1.93. The Kier molecular flexibility index (Phi) is 4.59. The van der Waals surface area contributed by atoms with E-state index in [0.29, 0.717) is 12.2 Å². The van der Waals surface area contributed by atoms with Gasteiger partial charge in [0.05, 0.1) is 5.69 Å². The van der Waals surface area contributed by atoms with Gasteiger partial charge in [-0.05, 0) is 35.7 Å². The Bertz CT molecular complexity index is 543. The summed E-state index contributed by atoms with van der Waals surface area (Å²) >= 11 is 1.68. The summed E-state index contributed by atoms with van der Waals surface area (Å²) in [4.78, 5) is 18.8. The number of aromatic nitrogens is 2. The highest BCUT2D eigenvalue weighted by Gasteiger charge is 2.12. The topological polar surface area (TPSA) is 75.1 Å². The molecule has 0 amide bonds. The number of aromatic carboxylic acids is 1. The van der Waals surface area contributed by atoms with Gasteiger partial charge in [-0.3, -0.25) is 0 Å². The lowest BCUT2D eigenvalue weighted by Crippen LogP contribution is -2.28. The molecule has 19 heavy (non-hydrogen) atoms. The molecule has 2 rings (SSSR count). The monoisotopic (exact) mass is 277 g/mol. The molecule has 0 aliphatic rings. The van der Waals surface area contributed by atoms with E-state index in [-0.39, 0.29) is 11.6 Å². The molecule has 0 saturated carbocycles. The van der Waals surface area contributed by atoms with Gasteiger partial charge in [-0.1, -0.05) is 0 Å². The van der Waals surface area contributed by atoms with Crippen molar-refractivity contribution < 1.29 is 9.90 Å². The molecular weight excluding hydrogens is 262 g/mol. The van der Waals surface area contributed by atoms with Crippen molar-refractivity contribution in [1.29, 1.82) is 0 Å². The summed E-state index contributed by atoms with van der Waals surface area (Å²) in [5, 5.41) is 16.5. The molecule has 0 aromatic carbocycles. The van der Waals surface area contributed by atoms with Gasteiger partial charge >= 0.3 is 5.97 Å². The molecule has 1 unspecified atom stereocenters. The molecule has 0 saturated heterocycles. The van der Waals surface area contributed by atoms with E-state index in [0.717, 1.165) is 6.42 Å². The van der Waals surface area contributed by atoms with Gasteiger partial charge in [-0.15, -0.1) is 0 Å². The first-order chi connectivity index (χ1) is 9.16. The van der Waals surface area contributed by atoms with Crippen LogP contribution in [0.3, 0.4) is 0 Å². The van der Waals surface area contributed by atoms with Crippen LogP contribution in [0.25, 0.3) is 0 Å². The predicted octanol–water partition coefficient (Wildman–Crippen LogP) is 1.96. The predicted molar refractivity (Wildman–Crippen MR) is 73.3 cm³/mol. The maximum absolute atomic E-state index is 11.0. The van der Waals surface area contributed by atoms with Crippen LogP contribution < -0.4 is 5.32 Å². The van der Waals surface area contributed by atoms with Gasteiger partial charge in [0.25, 0.3) is 0 Å². The number of nitrogens with zero attached hydrogens (tertiary/aromatic N) is 2. The molecule has 0 radical (unpaired) electrons. The number of hydrogen-bond acceptors (Lipinski definition) is 5. The molecule has 0 fully saturated rings. The molecule has 2 N–H and O–H groups in total. The molecule has 100 valence electrons. The Labute approximate surface area is 115 Å². The minimum Gasteiger partial charge on any atom is -0.478 e. The molecular formula is C13H15N3O2S. The van der Waals surface area contributed by atoms with Crippen molar-refractivity contribution >= 4 is 17.3 Å². The third-order valence-electron chi connectivity index (χ3n) is 2.77. The van der Waals surface area contributed by atoms with Crippen LogP contribution in [-0.2, 0) is 13.0 Å². The van der Waals surface area contributed by atoms with Crippen LogP contribution in [0, 0.1) is 0 Å². The van der Waals surface area contributed by atoms with Crippen LogP contribution in [0.4, 0.5) is 0 Å². The normalized spacial score (nSPS) is 12.3. The van der Waals surface area contributed by atoms with E-state index in [1.807, 2.05) is 0 Å². The van der Waals surface area contributed by atoms with E-state index in [1.165, 1.54) is 18.1 Å². The zero-order chi connectivity index (χ0) is 13.7. The van der Waals surface area contributed by atoms with Gasteiger partial charge in [-0.25, -0.2) is 14.8 Å². The Hall–Kier alpha value is -1.79. The first-order valence-corrected chi connectivity index (χ1v) is 6.87. The summed E-state index contributed by atoms with van der Waals surface area (Å²) < 4.78 is 0. The second-order valence-corrected chi connectivity index (χ2v) is 5.09. The lowest BCUT2D eigenvalue weighted by atomic mass is 10.1. The molecule has 1 atom stereocenters. The van der Waals surface area contributed by atoms with E-state index in [1.54, 1.807) is 11.3 Å². The fraction of sp³-hybridized carbons (Fsp3) is 0.308. The van der Waals surface area contributed by atoms with Crippen molar-refractivity contribution in [2.75, 3.05) is 0 Å². The van der Waals surface area contributed by atoms with Crippen molar-refractivity contribution in [2.45, 2.75) is 25.9 Å². The maximum Gasteiger partial charge on any atom is 0.339 e. The third-order valence-corrected chi connectivity index (χ3v) is 3.50. The van der Waals surface area contributed by atoms with Gasteiger partial charge in [0.15, 0.2) is 0 Å². The van der Waals surface area contributed by atoms with Crippen LogP contribution in [-0.4, -0.2) is 27.1 Å². The van der Waals surface area contributed by atoms with Crippen molar-refractivity contribution in [3.8, 4) is 0 Å².